The minimum Gasteiger partial charge on any atom is -0.469 e. The summed E-state index contributed by atoms with van der Waals surface area (Å²) in [6.45, 7) is 9.30. The van der Waals surface area contributed by atoms with Gasteiger partial charge >= 0.3 is 5.97 Å². The number of methoxy groups -OCH3 is 1. The van der Waals surface area contributed by atoms with Crippen LogP contribution in [0.5, 0.6) is 0 Å². The van der Waals surface area contributed by atoms with Crippen LogP contribution in [0, 0.1) is 17.8 Å². The van der Waals surface area contributed by atoms with E-state index in [4.69, 9.17) is 4.74 Å². The van der Waals surface area contributed by atoms with Crippen LogP contribution in [-0.2, 0) is 9.53 Å². The van der Waals surface area contributed by atoms with Crippen LogP contribution in [0.25, 0.3) is 0 Å². The van der Waals surface area contributed by atoms with Crippen molar-refractivity contribution in [1.82, 2.24) is 9.80 Å². The molecule has 4 nitrogen and oxygen atoms in total. The molecule has 0 N–H and O–H groups in total. The standard InChI is InChI=1S/C16H28N2O2/c1-11(2)9-18-10-13-12-4-6-17(7-5-12)16(13)14(18)8-15(19)20-3/h11-14,16H,4-10H2,1-3H3. The molecule has 114 valence electrons. The Morgan fingerprint density at radius 2 is 2.00 bits per heavy atom. The van der Waals surface area contributed by atoms with Crippen LogP contribution < -0.4 is 0 Å². The van der Waals surface area contributed by atoms with Gasteiger partial charge in [0.15, 0.2) is 0 Å². The van der Waals surface area contributed by atoms with E-state index in [1.165, 1.54) is 39.6 Å². The largest absolute Gasteiger partial charge is 0.469 e. The van der Waals surface area contributed by atoms with Crippen molar-refractivity contribution in [2.24, 2.45) is 17.8 Å². The van der Waals surface area contributed by atoms with E-state index >= 15 is 0 Å². The summed E-state index contributed by atoms with van der Waals surface area (Å²) in [5.74, 6) is 2.28. The van der Waals surface area contributed by atoms with E-state index < -0.39 is 0 Å². The average molecular weight is 280 g/mol. The van der Waals surface area contributed by atoms with Crippen molar-refractivity contribution in [2.75, 3.05) is 33.3 Å². The van der Waals surface area contributed by atoms with Crippen molar-refractivity contribution in [3.05, 3.63) is 0 Å². The van der Waals surface area contributed by atoms with E-state index in [2.05, 4.69) is 23.6 Å². The first kappa shape index (κ1) is 14.3. The lowest BCUT2D eigenvalue weighted by Gasteiger charge is -2.49. The van der Waals surface area contributed by atoms with Gasteiger partial charge in [0.2, 0.25) is 0 Å². The number of carbonyl (C=O) groups excluding carboxylic acids is 1. The Bertz CT molecular complexity index is 363. The molecule has 0 saturated carbocycles. The van der Waals surface area contributed by atoms with Gasteiger partial charge in [-0.2, -0.15) is 0 Å². The van der Waals surface area contributed by atoms with E-state index in [-0.39, 0.29) is 5.97 Å². The summed E-state index contributed by atoms with van der Waals surface area (Å²) in [4.78, 5) is 17.0. The van der Waals surface area contributed by atoms with Crippen molar-refractivity contribution in [1.29, 1.82) is 0 Å². The fraction of sp³-hybridized carbons (Fsp3) is 0.938. The van der Waals surface area contributed by atoms with Gasteiger partial charge in [-0.1, -0.05) is 13.8 Å². The van der Waals surface area contributed by atoms with Crippen LogP contribution >= 0.6 is 0 Å². The molecule has 4 rings (SSSR count). The number of nitrogens with zero attached hydrogens (tertiary/aromatic N) is 2. The highest BCUT2D eigenvalue weighted by atomic mass is 16.5. The topological polar surface area (TPSA) is 32.8 Å². The lowest BCUT2D eigenvalue weighted by atomic mass is 9.73. The molecule has 4 aliphatic heterocycles. The zero-order valence-corrected chi connectivity index (χ0v) is 13.0. The molecule has 20 heavy (non-hydrogen) atoms. The Morgan fingerprint density at radius 1 is 1.30 bits per heavy atom. The third-order valence-electron chi connectivity index (χ3n) is 5.55. The summed E-state index contributed by atoms with van der Waals surface area (Å²) in [7, 11) is 1.51. The van der Waals surface area contributed by atoms with Crippen LogP contribution in [0.4, 0.5) is 0 Å². The second-order valence-corrected chi connectivity index (χ2v) is 7.22. The summed E-state index contributed by atoms with van der Waals surface area (Å²) in [6, 6.07) is 0.971. The minimum atomic E-state index is -0.0490. The van der Waals surface area contributed by atoms with Gasteiger partial charge in [0.1, 0.15) is 0 Å². The zero-order valence-electron chi connectivity index (χ0n) is 13.0. The quantitative estimate of drug-likeness (QED) is 0.732. The third kappa shape index (κ3) is 2.48. The van der Waals surface area contributed by atoms with E-state index in [1.54, 1.807) is 0 Å². The molecule has 0 spiro atoms. The molecule has 3 atom stereocenters. The highest BCUT2D eigenvalue weighted by molar-refractivity contribution is 5.70. The van der Waals surface area contributed by atoms with Crippen molar-refractivity contribution < 1.29 is 9.53 Å². The molecule has 0 aromatic carbocycles. The highest BCUT2D eigenvalue weighted by Gasteiger charge is 2.52. The fourth-order valence-electron chi connectivity index (χ4n) is 4.79. The van der Waals surface area contributed by atoms with E-state index in [0.717, 1.165) is 18.4 Å². The van der Waals surface area contributed by atoms with Gasteiger partial charge in [-0.3, -0.25) is 14.6 Å². The summed E-state index contributed by atoms with van der Waals surface area (Å²) < 4.78 is 4.94. The molecule has 4 fully saturated rings. The normalized spacial score (nSPS) is 40.1. The molecular weight excluding hydrogens is 252 g/mol. The van der Waals surface area contributed by atoms with E-state index in [0.29, 0.717) is 24.4 Å². The number of hydrogen-bond donors (Lipinski definition) is 0. The summed E-state index contributed by atoms with van der Waals surface area (Å²) in [5, 5.41) is 0. The van der Waals surface area contributed by atoms with Crippen molar-refractivity contribution >= 4 is 5.97 Å². The second kappa shape index (κ2) is 5.64. The van der Waals surface area contributed by atoms with Crippen LogP contribution in [-0.4, -0.2) is 61.1 Å². The maximum Gasteiger partial charge on any atom is 0.307 e. The third-order valence-corrected chi connectivity index (χ3v) is 5.55. The minimum absolute atomic E-state index is 0.0490. The van der Waals surface area contributed by atoms with Gasteiger partial charge in [-0.15, -0.1) is 0 Å². The van der Waals surface area contributed by atoms with Gasteiger partial charge in [0.05, 0.1) is 13.5 Å². The number of ether oxygens (including phenoxy) is 1. The van der Waals surface area contributed by atoms with Crippen molar-refractivity contribution in [3.63, 3.8) is 0 Å². The number of piperidine rings is 3. The number of likely N-dealkylation sites (tertiary alicyclic amines) is 1. The predicted octanol–water partition coefficient (Wildman–Crippen LogP) is 1.60. The molecule has 0 amide bonds. The molecule has 3 unspecified atom stereocenters. The predicted molar refractivity (Wildman–Crippen MR) is 78.4 cm³/mol. The van der Waals surface area contributed by atoms with E-state index in [9.17, 15) is 4.79 Å². The molecule has 4 heterocycles. The smallest absolute Gasteiger partial charge is 0.307 e. The molecule has 0 radical (unpaired) electrons. The molecule has 4 aliphatic rings. The molecule has 0 aliphatic carbocycles. The number of rotatable bonds is 4. The Hall–Kier alpha value is -0.610. The van der Waals surface area contributed by atoms with Gasteiger partial charge in [-0.25, -0.2) is 0 Å². The number of esters is 1. The second-order valence-electron chi connectivity index (χ2n) is 7.22. The fourth-order valence-corrected chi connectivity index (χ4v) is 4.79. The number of carbonyl (C=O) groups is 1. The monoisotopic (exact) mass is 280 g/mol. The summed E-state index contributed by atoms with van der Waals surface area (Å²) in [5.41, 5.74) is 0. The Kier molecular flexibility index (Phi) is 4.04. The van der Waals surface area contributed by atoms with Crippen molar-refractivity contribution in [3.8, 4) is 0 Å². The molecule has 2 bridgehead atoms. The van der Waals surface area contributed by atoms with Gasteiger partial charge in [-0.05, 0) is 43.7 Å². The summed E-state index contributed by atoms with van der Waals surface area (Å²) in [6.07, 6.45) is 3.29. The molecule has 0 aromatic heterocycles. The van der Waals surface area contributed by atoms with Gasteiger partial charge in [0.25, 0.3) is 0 Å². The Balaban J connectivity index is 1.79. The number of fused-ring (bicyclic) bond motifs is 2. The number of hydrogen-bond acceptors (Lipinski definition) is 4. The van der Waals surface area contributed by atoms with Gasteiger partial charge < -0.3 is 4.74 Å². The van der Waals surface area contributed by atoms with Crippen LogP contribution in [0.1, 0.15) is 33.1 Å². The van der Waals surface area contributed by atoms with Crippen LogP contribution in [0.3, 0.4) is 0 Å². The van der Waals surface area contributed by atoms with Gasteiger partial charge in [0, 0.05) is 25.2 Å². The maximum absolute atomic E-state index is 11.8. The first-order valence-corrected chi connectivity index (χ1v) is 8.15. The maximum atomic E-state index is 11.8. The lowest BCUT2D eigenvalue weighted by molar-refractivity contribution is -0.142. The molecule has 4 saturated heterocycles. The first-order valence-electron chi connectivity index (χ1n) is 8.15. The molecular formula is C16H28N2O2. The van der Waals surface area contributed by atoms with Crippen LogP contribution in [0.15, 0.2) is 0 Å². The SMILES string of the molecule is COC(=O)CC1C2C(CN1CC(C)C)C1CCN2CC1. The Morgan fingerprint density at radius 3 is 2.60 bits per heavy atom. The Labute approximate surface area is 122 Å². The highest BCUT2D eigenvalue weighted by Crippen LogP contribution is 2.44. The lowest BCUT2D eigenvalue weighted by Crippen LogP contribution is -2.57. The molecule has 4 heteroatoms. The van der Waals surface area contributed by atoms with E-state index in [1.807, 2.05) is 0 Å². The van der Waals surface area contributed by atoms with Crippen molar-refractivity contribution in [2.45, 2.75) is 45.2 Å². The zero-order chi connectivity index (χ0) is 14.3. The average Bonchev–Trinajstić information content (AvgIpc) is 2.79. The van der Waals surface area contributed by atoms with Crippen LogP contribution in [0.2, 0.25) is 0 Å². The molecule has 0 aromatic rings. The first-order chi connectivity index (χ1) is 9.60. The summed E-state index contributed by atoms with van der Waals surface area (Å²) >= 11 is 0.